The Hall–Kier alpha value is -1.29. The Morgan fingerprint density at radius 2 is 2.25 bits per heavy atom. The van der Waals surface area contributed by atoms with Crippen LogP contribution in [0.5, 0.6) is 0 Å². The molecule has 1 aliphatic rings. The molecule has 20 heavy (non-hydrogen) atoms. The SMILES string of the molecule is COC(=O)C1C=CC=C(/C(C)=N/[C@@H](C)CCSC)C=C1. The third kappa shape index (κ3) is 5.37. The third-order valence-electron chi connectivity index (χ3n) is 3.12. The van der Waals surface area contributed by atoms with Crippen LogP contribution in [-0.4, -0.2) is 36.8 Å². The van der Waals surface area contributed by atoms with Gasteiger partial charge in [-0.1, -0.05) is 30.4 Å². The Morgan fingerprint density at radius 3 is 2.90 bits per heavy atom. The topological polar surface area (TPSA) is 38.7 Å². The van der Waals surface area contributed by atoms with Gasteiger partial charge in [0.25, 0.3) is 0 Å². The summed E-state index contributed by atoms with van der Waals surface area (Å²) in [5.41, 5.74) is 2.05. The van der Waals surface area contributed by atoms with Gasteiger partial charge in [-0.2, -0.15) is 11.8 Å². The van der Waals surface area contributed by atoms with Crippen molar-refractivity contribution in [2.24, 2.45) is 10.9 Å². The summed E-state index contributed by atoms with van der Waals surface area (Å²) < 4.78 is 4.75. The van der Waals surface area contributed by atoms with Gasteiger partial charge in [0.05, 0.1) is 13.0 Å². The van der Waals surface area contributed by atoms with E-state index in [2.05, 4.69) is 13.2 Å². The highest BCUT2D eigenvalue weighted by Crippen LogP contribution is 2.14. The van der Waals surface area contributed by atoms with Gasteiger partial charge in [0.15, 0.2) is 0 Å². The predicted molar refractivity (Wildman–Crippen MR) is 87.4 cm³/mol. The summed E-state index contributed by atoms with van der Waals surface area (Å²) in [4.78, 5) is 16.2. The van der Waals surface area contributed by atoms with Gasteiger partial charge in [0.2, 0.25) is 0 Å². The van der Waals surface area contributed by atoms with Crippen molar-refractivity contribution in [1.29, 1.82) is 0 Å². The van der Waals surface area contributed by atoms with Crippen LogP contribution in [0.1, 0.15) is 20.3 Å². The van der Waals surface area contributed by atoms with Crippen LogP contribution >= 0.6 is 11.8 Å². The Morgan fingerprint density at radius 1 is 1.50 bits per heavy atom. The first-order valence-electron chi connectivity index (χ1n) is 6.76. The van der Waals surface area contributed by atoms with Crippen molar-refractivity contribution in [2.75, 3.05) is 19.1 Å². The highest BCUT2D eigenvalue weighted by atomic mass is 32.2. The molecule has 0 aromatic rings. The van der Waals surface area contributed by atoms with Gasteiger partial charge in [0, 0.05) is 11.8 Å². The summed E-state index contributed by atoms with van der Waals surface area (Å²) in [6.45, 7) is 4.14. The summed E-state index contributed by atoms with van der Waals surface area (Å²) >= 11 is 1.84. The van der Waals surface area contributed by atoms with Crippen molar-refractivity contribution in [1.82, 2.24) is 0 Å². The van der Waals surface area contributed by atoms with Gasteiger partial charge < -0.3 is 4.74 Å². The van der Waals surface area contributed by atoms with Crippen LogP contribution in [0, 0.1) is 5.92 Å². The molecule has 4 heteroatoms. The van der Waals surface area contributed by atoms with E-state index >= 15 is 0 Å². The minimum absolute atomic E-state index is 0.241. The lowest BCUT2D eigenvalue weighted by atomic mass is 10.1. The van der Waals surface area contributed by atoms with Crippen molar-refractivity contribution < 1.29 is 9.53 Å². The molecule has 110 valence electrons. The number of rotatable bonds is 6. The lowest BCUT2D eigenvalue weighted by Gasteiger charge is -2.08. The van der Waals surface area contributed by atoms with E-state index in [1.165, 1.54) is 7.11 Å². The number of nitrogens with zero attached hydrogens (tertiary/aromatic N) is 1. The second kappa shape index (κ2) is 8.80. The number of hydrogen-bond donors (Lipinski definition) is 0. The molecule has 1 unspecified atom stereocenters. The maximum atomic E-state index is 11.5. The van der Waals surface area contributed by atoms with E-state index < -0.39 is 0 Å². The number of carbonyl (C=O) groups excluding carboxylic acids is 1. The normalized spacial score (nSPS) is 20.3. The van der Waals surface area contributed by atoms with E-state index in [0.29, 0.717) is 6.04 Å². The van der Waals surface area contributed by atoms with E-state index in [1.807, 2.05) is 49.1 Å². The number of thioether (sulfide) groups is 1. The zero-order valence-corrected chi connectivity index (χ0v) is 13.4. The molecule has 0 heterocycles. The molecule has 0 aromatic carbocycles. The molecular formula is C16H23NO2S. The third-order valence-corrected chi connectivity index (χ3v) is 3.77. The number of ether oxygens (including phenoxy) is 1. The van der Waals surface area contributed by atoms with Crippen molar-refractivity contribution in [3.63, 3.8) is 0 Å². The number of esters is 1. The van der Waals surface area contributed by atoms with Crippen LogP contribution in [0.3, 0.4) is 0 Å². The molecule has 2 atom stereocenters. The first kappa shape index (κ1) is 16.8. The van der Waals surface area contributed by atoms with E-state index in [0.717, 1.165) is 23.5 Å². The first-order chi connectivity index (χ1) is 9.58. The molecule has 1 aliphatic carbocycles. The molecule has 0 saturated carbocycles. The van der Waals surface area contributed by atoms with E-state index in [-0.39, 0.29) is 11.9 Å². The summed E-state index contributed by atoms with van der Waals surface area (Å²) in [5.74, 6) is 0.572. The first-order valence-corrected chi connectivity index (χ1v) is 8.16. The van der Waals surface area contributed by atoms with Crippen LogP contribution in [0.25, 0.3) is 0 Å². The van der Waals surface area contributed by atoms with Gasteiger partial charge in [-0.25, -0.2) is 0 Å². The van der Waals surface area contributed by atoms with Crippen molar-refractivity contribution in [3.05, 3.63) is 36.0 Å². The number of methoxy groups -OCH3 is 1. The second-order valence-electron chi connectivity index (χ2n) is 4.76. The number of aliphatic imine (C=N–C) groups is 1. The van der Waals surface area contributed by atoms with Crippen molar-refractivity contribution in [2.45, 2.75) is 26.3 Å². The maximum absolute atomic E-state index is 11.5. The largest absolute Gasteiger partial charge is 0.468 e. The molecule has 0 aliphatic heterocycles. The molecule has 0 saturated heterocycles. The summed E-state index contributed by atoms with van der Waals surface area (Å²) in [6.07, 6.45) is 12.7. The summed E-state index contributed by atoms with van der Waals surface area (Å²) in [6, 6.07) is 0.320. The van der Waals surface area contributed by atoms with E-state index in [4.69, 9.17) is 9.73 Å². The van der Waals surface area contributed by atoms with Crippen LogP contribution in [-0.2, 0) is 9.53 Å². The molecule has 0 N–H and O–H groups in total. The quantitative estimate of drug-likeness (QED) is 0.556. The molecule has 0 radical (unpaired) electrons. The highest BCUT2D eigenvalue weighted by molar-refractivity contribution is 7.98. The highest BCUT2D eigenvalue weighted by Gasteiger charge is 2.13. The van der Waals surface area contributed by atoms with Gasteiger partial charge in [-0.15, -0.1) is 0 Å². The molecular weight excluding hydrogens is 270 g/mol. The molecule has 1 rings (SSSR count). The van der Waals surface area contributed by atoms with Gasteiger partial charge in [-0.3, -0.25) is 9.79 Å². The van der Waals surface area contributed by atoms with Gasteiger partial charge >= 0.3 is 5.97 Å². The zero-order valence-electron chi connectivity index (χ0n) is 12.6. The lowest BCUT2D eigenvalue weighted by molar-refractivity contribution is -0.142. The summed E-state index contributed by atoms with van der Waals surface area (Å²) in [5, 5.41) is 0. The number of allylic oxidation sites excluding steroid dienone is 4. The van der Waals surface area contributed by atoms with Gasteiger partial charge in [-0.05, 0) is 37.9 Å². The van der Waals surface area contributed by atoms with Crippen LogP contribution in [0.2, 0.25) is 0 Å². The molecule has 3 nitrogen and oxygen atoms in total. The lowest BCUT2D eigenvalue weighted by Crippen LogP contribution is -2.11. The van der Waals surface area contributed by atoms with Crippen molar-refractivity contribution in [3.8, 4) is 0 Å². The number of carbonyl (C=O) groups is 1. The second-order valence-corrected chi connectivity index (χ2v) is 5.75. The fourth-order valence-electron chi connectivity index (χ4n) is 1.90. The van der Waals surface area contributed by atoms with Crippen LogP contribution in [0.15, 0.2) is 40.9 Å². The zero-order chi connectivity index (χ0) is 15.0. The van der Waals surface area contributed by atoms with Gasteiger partial charge in [0.1, 0.15) is 0 Å². The van der Waals surface area contributed by atoms with E-state index in [9.17, 15) is 4.79 Å². The molecule has 0 amide bonds. The Kier molecular flexibility index (Phi) is 7.37. The average Bonchev–Trinajstić information content (AvgIpc) is 2.70. The minimum Gasteiger partial charge on any atom is -0.468 e. The molecule has 0 bridgehead atoms. The summed E-state index contributed by atoms with van der Waals surface area (Å²) in [7, 11) is 1.41. The Balaban J connectivity index is 2.73. The average molecular weight is 293 g/mol. The smallest absolute Gasteiger partial charge is 0.316 e. The standard InChI is InChI=1S/C16H23NO2S/c1-12(10-11-20-4)17-13(2)14-6-5-7-15(9-8-14)16(18)19-3/h5-9,12,15H,10-11H2,1-4H3/b17-13+/t12-,15?/m0/s1. The fourth-order valence-corrected chi connectivity index (χ4v) is 2.48. The fraction of sp³-hybridized carbons (Fsp3) is 0.500. The van der Waals surface area contributed by atoms with Crippen LogP contribution in [0.4, 0.5) is 0 Å². The van der Waals surface area contributed by atoms with E-state index in [1.54, 1.807) is 0 Å². The Labute approximate surface area is 125 Å². The Bertz CT molecular complexity index is 449. The molecule has 0 fully saturated rings. The molecule has 0 aromatic heterocycles. The molecule has 0 spiro atoms. The predicted octanol–water partition coefficient (Wildman–Crippen LogP) is 3.43. The number of hydrogen-bond acceptors (Lipinski definition) is 4. The minimum atomic E-state index is -0.310. The maximum Gasteiger partial charge on any atom is 0.316 e. The van der Waals surface area contributed by atoms with Crippen LogP contribution < -0.4 is 0 Å². The monoisotopic (exact) mass is 293 g/mol. The van der Waals surface area contributed by atoms with Crippen molar-refractivity contribution >= 4 is 23.4 Å².